The zero-order valence-corrected chi connectivity index (χ0v) is 10.9. The number of hydrogen-bond donors (Lipinski definition) is 2. The molecule has 0 spiro atoms. The molecule has 1 aromatic carbocycles. The maximum absolute atomic E-state index is 11.8. The molecule has 3 N–H and O–H groups in total. The van der Waals surface area contributed by atoms with Crippen molar-refractivity contribution >= 4 is 15.7 Å². The van der Waals surface area contributed by atoms with Gasteiger partial charge in [-0.25, -0.2) is 13.1 Å². The van der Waals surface area contributed by atoms with Crippen LogP contribution in [0.2, 0.25) is 0 Å². The monoisotopic (exact) mass is 282 g/mol. The minimum Gasteiger partial charge on any atom is -0.399 e. The van der Waals surface area contributed by atoms with Crippen LogP contribution in [-0.4, -0.2) is 25.1 Å². The number of anilines is 1. The topological polar surface area (TPSA) is 111 Å². The molecule has 0 bridgehead atoms. The van der Waals surface area contributed by atoms with Crippen molar-refractivity contribution in [3.8, 4) is 0 Å². The van der Waals surface area contributed by atoms with Crippen LogP contribution >= 0.6 is 0 Å². The summed E-state index contributed by atoms with van der Waals surface area (Å²) in [5, 5.41) is 3.44. The Kier molecular flexibility index (Phi) is 4.13. The van der Waals surface area contributed by atoms with Crippen LogP contribution in [0.5, 0.6) is 0 Å². The van der Waals surface area contributed by atoms with Gasteiger partial charge in [0.15, 0.2) is 6.33 Å². The van der Waals surface area contributed by atoms with E-state index >= 15 is 0 Å². The average molecular weight is 282 g/mol. The number of sulfonamides is 1. The number of benzene rings is 1. The Morgan fingerprint density at radius 2 is 2.00 bits per heavy atom. The number of nitrogens with zero attached hydrogens (tertiary/aromatic N) is 2. The molecule has 0 aliphatic heterocycles. The fourth-order valence-electron chi connectivity index (χ4n) is 1.50. The summed E-state index contributed by atoms with van der Waals surface area (Å²) in [5.41, 5.74) is 6.82. The predicted molar refractivity (Wildman–Crippen MR) is 69.5 cm³/mol. The minimum absolute atomic E-state index is 0.0862. The van der Waals surface area contributed by atoms with Crippen molar-refractivity contribution in [3.63, 3.8) is 0 Å². The zero-order valence-electron chi connectivity index (χ0n) is 10.1. The Bertz CT molecular complexity index is 608. The van der Waals surface area contributed by atoms with Crippen molar-refractivity contribution < 1.29 is 12.9 Å². The Labute approximate surface area is 110 Å². The molecular weight excluding hydrogens is 268 g/mol. The van der Waals surface area contributed by atoms with Crippen LogP contribution in [-0.2, 0) is 22.2 Å². The number of nitrogen functional groups attached to an aromatic ring is 1. The minimum atomic E-state index is -3.38. The molecule has 0 radical (unpaired) electrons. The normalized spacial score (nSPS) is 11.6. The van der Waals surface area contributed by atoms with Gasteiger partial charge in [0.05, 0.1) is 5.75 Å². The fraction of sp³-hybridized carbons (Fsp3) is 0.273. The van der Waals surface area contributed by atoms with E-state index in [2.05, 4.69) is 14.9 Å². The van der Waals surface area contributed by atoms with Crippen LogP contribution in [0, 0.1) is 0 Å². The second kappa shape index (κ2) is 5.81. The molecule has 0 unspecified atom stereocenters. The van der Waals surface area contributed by atoms with Crippen LogP contribution in [0.4, 0.5) is 5.69 Å². The third kappa shape index (κ3) is 4.34. The van der Waals surface area contributed by atoms with Gasteiger partial charge in [-0.05, 0) is 17.7 Å². The van der Waals surface area contributed by atoms with Gasteiger partial charge >= 0.3 is 0 Å². The highest BCUT2D eigenvalue weighted by atomic mass is 32.2. The SMILES string of the molecule is Nc1ccc(CS(=O)(=O)NCCc2ncno2)cc1. The molecule has 1 aromatic heterocycles. The molecular formula is C11H14N4O3S. The Morgan fingerprint density at radius 3 is 2.63 bits per heavy atom. The molecule has 1 heterocycles. The van der Waals surface area contributed by atoms with Crippen molar-refractivity contribution in [1.82, 2.24) is 14.9 Å². The molecule has 8 heteroatoms. The van der Waals surface area contributed by atoms with Gasteiger partial charge < -0.3 is 10.3 Å². The summed E-state index contributed by atoms with van der Waals surface area (Å²) < 4.78 is 30.9. The highest BCUT2D eigenvalue weighted by Crippen LogP contribution is 2.08. The standard InChI is InChI=1S/C11H14N4O3S/c12-10-3-1-9(2-4-10)7-19(16,17)15-6-5-11-13-8-14-18-11/h1-4,8,15H,5-7,12H2. The lowest BCUT2D eigenvalue weighted by molar-refractivity contribution is 0.377. The first-order chi connectivity index (χ1) is 9.05. The quantitative estimate of drug-likeness (QED) is 0.738. The summed E-state index contributed by atoms with van der Waals surface area (Å²) in [6.45, 7) is 0.222. The van der Waals surface area contributed by atoms with Crippen molar-refractivity contribution in [2.75, 3.05) is 12.3 Å². The molecule has 0 aliphatic rings. The van der Waals surface area contributed by atoms with Gasteiger partial charge in [-0.3, -0.25) is 0 Å². The van der Waals surface area contributed by atoms with E-state index in [1.54, 1.807) is 24.3 Å². The number of aromatic nitrogens is 2. The summed E-state index contributed by atoms with van der Waals surface area (Å²) >= 11 is 0. The van der Waals surface area contributed by atoms with E-state index in [0.29, 0.717) is 23.6 Å². The van der Waals surface area contributed by atoms with Gasteiger partial charge in [-0.1, -0.05) is 17.3 Å². The van der Waals surface area contributed by atoms with Gasteiger partial charge in [0.1, 0.15) is 0 Å². The first-order valence-corrected chi connectivity index (χ1v) is 7.28. The van der Waals surface area contributed by atoms with E-state index in [-0.39, 0.29) is 12.3 Å². The second-order valence-electron chi connectivity index (χ2n) is 3.98. The largest absolute Gasteiger partial charge is 0.399 e. The summed E-state index contributed by atoms with van der Waals surface area (Å²) in [5.74, 6) is 0.312. The van der Waals surface area contributed by atoms with Gasteiger partial charge in [0.25, 0.3) is 0 Å². The Hall–Kier alpha value is -1.93. The predicted octanol–water partition coefficient (Wildman–Crippen LogP) is 0.314. The number of rotatable bonds is 6. The maximum atomic E-state index is 11.8. The van der Waals surface area contributed by atoms with Gasteiger partial charge in [0.2, 0.25) is 15.9 Å². The highest BCUT2D eigenvalue weighted by molar-refractivity contribution is 7.88. The summed E-state index contributed by atoms with van der Waals surface area (Å²) in [6, 6.07) is 6.71. The first kappa shape index (κ1) is 13.5. The molecule has 0 aliphatic carbocycles. The van der Waals surface area contributed by atoms with Crippen LogP contribution in [0.3, 0.4) is 0 Å². The lowest BCUT2D eigenvalue weighted by Crippen LogP contribution is -2.27. The second-order valence-corrected chi connectivity index (χ2v) is 5.79. The maximum Gasteiger partial charge on any atom is 0.227 e. The lowest BCUT2D eigenvalue weighted by Gasteiger charge is -2.05. The molecule has 7 nitrogen and oxygen atoms in total. The van der Waals surface area contributed by atoms with E-state index in [1.165, 1.54) is 6.33 Å². The van der Waals surface area contributed by atoms with Crippen molar-refractivity contribution in [1.29, 1.82) is 0 Å². The van der Waals surface area contributed by atoms with E-state index < -0.39 is 10.0 Å². The molecule has 2 rings (SSSR count). The van der Waals surface area contributed by atoms with Crippen molar-refractivity contribution in [2.45, 2.75) is 12.2 Å². The van der Waals surface area contributed by atoms with Crippen molar-refractivity contribution in [3.05, 3.63) is 42.0 Å². The van der Waals surface area contributed by atoms with E-state index in [4.69, 9.17) is 10.3 Å². The summed E-state index contributed by atoms with van der Waals surface area (Å²) in [6.07, 6.45) is 1.64. The van der Waals surface area contributed by atoms with E-state index in [1.807, 2.05) is 0 Å². The molecule has 2 aromatic rings. The summed E-state index contributed by atoms with van der Waals surface area (Å²) in [4.78, 5) is 3.80. The van der Waals surface area contributed by atoms with E-state index in [9.17, 15) is 8.42 Å². The molecule has 19 heavy (non-hydrogen) atoms. The number of hydrogen-bond acceptors (Lipinski definition) is 6. The molecule has 0 atom stereocenters. The lowest BCUT2D eigenvalue weighted by atomic mass is 10.2. The van der Waals surface area contributed by atoms with Crippen LogP contribution in [0.25, 0.3) is 0 Å². The third-order valence-electron chi connectivity index (χ3n) is 2.40. The van der Waals surface area contributed by atoms with Crippen molar-refractivity contribution in [2.24, 2.45) is 0 Å². The van der Waals surface area contributed by atoms with Crippen LogP contribution in [0.1, 0.15) is 11.5 Å². The summed E-state index contributed by atoms with van der Waals surface area (Å²) in [7, 11) is -3.38. The van der Waals surface area contributed by atoms with Gasteiger partial charge in [0, 0.05) is 18.7 Å². The van der Waals surface area contributed by atoms with E-state index in [0.717, 1.165) is 0 Å². The van der Waals surface area contributed by atoms with Gasteiger partial charge in [-0.2, -0.15) is 4.98 Å². The Balaban J connectivity index is 1.86. The zero-order chi connectivity index (χ0) is 13.7. The Morgan fingerprint density at radius 1 is 1.26 bits per heavy atom. The fourth-order valence-corrected chi connectivity index (χ4v) is 2.65. The average Bonchev–Trinajstić information content (AvgIpc) is 2.85. The third-order valence-corrected chi connectivity index (χ3v) is 3.76. The molecule has 0 saturated heterocycles. The number of nitrogens with one attached hydrogen (secondary N) is 1. The van der Waals surface area contributed by atoms with Crippen LogP contribution in [0.15, 0.2) is 35.1 Å². The first-order valence-electron chi connectivity index (χ1n) is 5.62. The van der Waals surface area contributed by atoms with Gasteiger partial charge in [-0.15, -0.1) is 0 Å². The number of nitrogens with two attached hydrogens (primary N) is 1. The van der Waals surface area contributed by atoms with Crippen LogP contribution < -0.4 is 10.5 Å². The molecule has 0 fully saturated rings. The molecule has 0 amide bonds. The molecule has 102 valence electrons. The molecule has 0 saturated carbocycles. The highest BCUT2D eigenvalue weighted by Gasteiger charge is 2.11. The smallest absolute Gasteiger partial charge is 0.227 e.